The number of carbonyl (C=O) groups is 3. The van der Waals surface area contributed by atoms with Gasteiger partial charge in [0.25, 0.3) is 5.91 Å². The van der Waals surface area contributed by atoms with Gasteiger partial charge in [0.05, 0.1) is 0 Å². The molecule has 2 aromatic rings. The van der Waals surface area contributed by atoms with E-state index < -0.39 is 17.7 Å². The largest absolute Gasteiger partial charge is 0.444 e. The summed E-state index contributed by atoms with van der Waals surface area (Å²) in [7, 11) is 0. The Hall–Kier alpha value is -3.61. The Labute approximate surface area is 208 Å². The number of hydrogen-bond acceptors (Lipinski definition) is 4. The normalized spacial score (nSPS) is 12.7. The zero-order valence-electron chi connectivity index (χ0n) is 21.6. The molecule has 0 saturated carbocycles. The fourth-order valence-corrected chi connectivity index (χ4v) is 3.60. The number of benzene rings is 2. The second-order valence-corrected chi connectivity index (χ2v) is 9.49. The maximum atomic E-state index is 13.7. The zero-order chi connectivity index (χ0) is 26.2. The van der Waals surface area contributed by atoms with E-state index in [1.54, 1.807) is 26.8 Å². The highest BCUT2D eigenvalue weighted by Gasteiger charge is 2.34. The van der Waals surface area contributed by atoms with Gasteiger partial charge in [-0.25, -0.2) is 4.79 Å². The predicted octanol–water partition coefficient (Wildman–Crippen LogP) is 5.47. The summed E-state index contributed by atoms with van der Waals surface area (Å²) in [5, 5.41) is 5.51. The third kappa shape index (κ3) is 7.98. The summed E-state index contributed by atoms with van der Waals surface area (Å²) < 4.78 is 5.26. The number of nitrogens with zero attached hydrogens (tertiary/aromatic N) is 1. The minimum Gasteiger partial charge on any atom is -0.444 e. The number of para-hydroxylation sites is 1. The van der Waals surface area contributed by atoms with Gasteiger partial charge >= 0.3 is 6.09 Å². The topological polar surface area (TPSA) is 87.7 Å². The summed E-state index contributed by atoms with van der Waals surface area (Å²) in [5.74, 6) is -0.731. The molecule has 0 heterocycles. The van der Waals surface area contributed by atoms with E-state index in [1.165, 1.54) is 4.90 Å². The molecule has 0 aliphatic rings. The molecular formula is C28H37N3O4. The van der Waals surface area contributed by atoms with Crippen molar-refractivity contribution in [2.45, 2.75) is 65.6 Å². The van der Waals surface area contributed by atoms with Crippen molar-refractivity contribution in [2.24, 2.45) is 0 Å². The third-order valence-corrected chi connectivity index (χ3v) is 5.53. The van der Waals surface area contributed by atoms with Gasteiger partial charge in [-0.05, 0) is 69.9 Å². The van der Waals surface area contributed by atoms with Crippen molar-refractivity contribution < 1.29 is 19.1 Å². The molecule has 7 nitrogen and oxygen atoms in total. The fraction of sp³-hybridized carbons (Fsp3) is 0.393. The van der Waals surface area contributed by atoms with E-state index in [2.05, 4.69) is 17.2 Å². The molecule has 2 rings (SSSR count). The van der Waals surface area contributed by atoms with Crippen LogP contribution >= 0.6 is 0 Å². The van der Waals surface area contributed by atoms with Gasteiger partial charge in [-0.1, -0.05) is 56.0 Å². The summed E-state index contributed by atoms with van der Waals surface area (Å²) in [4.78, 5) is 40.9. The first-order valence-corrected chi connectivity index (χ1v) is 11.8. The number of rotatable bonds is 9. The van der Waals surface area contributed by atoms with Gasteiger partial charge in [0, 0.05) is 11.7 Å². The van der Waals surface area contributed by atoms with E-state index in [1.807, 2.05) is 69.3 Å². The molecule has 2 atom stereocenters. The molecule has 0 spiro atoms. The second kappa shape index (κ2) is 12.2. The number of nitrogens with one attached hydrogen (secondary N) is 2. The lowest BCUT2D eigenvalue weighted by Crippen LogP contribution is -2.50. The van der Waals surface area contributed by atoms with Gasteiger partial charge in [0.1, 0.15) is 18.2 Å². The van der Waals surface area contributed by atoms with Crippen molar-refractivity contribution in [1.82, 2.24) is 10.2 Å². The van der Waals surface area contributed by atoms with Gasteiger partial charge in [-0.3, -0.25) is 9.59 Å². The molecule has 2 unspecified atom stereocenters. The van der Waals surface area contributed by atoms with Crippen molar-refractivity contribution in [3.63, 3.8) is 0 Å². The molecule has 35 heavy (non-hydrogen) atoms. The number of amides is 3. The number of ether oxygens (including phenoxy) is 1. The van der Waals surface area contributed by atoms with Crippen LogP contribution in [0.4, 0.5) is 10.5 Å². The molecule has 2 aromatic carbocycles. The van der Waals surface area contributed by atoms with Crippen LogP contribution in [0.25, 0.3) is 6.08 Å². The van der Waals surface area contributed by atoms with Crippen LogP contribution in [0, 0.1) is 6.92 Å². The first kappa shape index (κ1) is 27.6. The summed E-state index contributed by atoms with van der Waals surface area (Å²) in [6, 6.07) is 13.7. The molecule has 7 heteroatoms. The smallest absolute Gasteiger partial charge is 0.408 e. The number of aryl methyl sites for hydroxylation is 1. The zero-order valence-corrected chi connectivity index (χ0v) is 21.6. The third-order valence-electron chi connectivity index (χ3n) is 5.53. The number of hydrogen-bond donors (Lipinski definition) is 2. The second-order valence-electron chi connectivity index (χ2n) is 9.49. The predicted molar refractivity (Wildman–Crippen MR) is 140 cm³/mol. The Balaban J connectivity index is 2.44. The van der Waals surface area contributed by atoms with Crippen molar-refractivity contribution in [1.29, 1.82) is 0 Å². The number of alkyl carbamates (subject to hydrolysis) is 1. The molecule has 2 N–H and O–H groups in total. The van der Waals surface area contributed by atoms with Crippen LogP contribution in [-0.4, -0.2) is 41.0 Å². The van der Waals surface area contributed by atoms with Crippen LogP contribution in [0.15, 0.2) is 55.1 Å². The lowest BCUT2D eigenvalue weighted by Gasteiger charge is -2.36. The highest BCUT2D eigenvalue weighted by molar-refractivity contribution is 5.99. The Bertz CT molecular complexity index is 1060. The Morgan fingerprint density at radius 3 is 2.40 bits per heavy atom. The average Bonchev–Trinajstić information content (AvgIpc) is 2.80. The summed E-state index contributed by atoms with van der Waals surface area (Å²) in [6.45, 7) is 14.5. The molecular weight excluding hydrogens is 442 g/mol. The fourth-order valence-electron chi connectivity index (χ4n) is 3.60. The SMILES string of the molecule is C=Cc1cccc(C(C(=O)Nc2ccccc2C)N(C(=O)CNC(=O)OC(C)(C)C)C(C)CC)c1. The summed E-state index contributed by atoms with van der Waals surface area (Å²) in [5.41, 5.74) is 2.38. The Kier molecular flexibility index (Phi) is 9.63. The standard InChI is InChI=1S/C28H37N3O4/c1-8-20(4)31(24(32)18-29-27(34)35-28(5,6)7)25(22-15-12-14-21(9-2)17-22)26(33)30-23-16-11-10-13-19(23)3/h9-17,20,25H,2,8,18H2,1,3-7H3,(H,29,34)(H,30,33). The Morgan fingerprint density at radius 2 is 1.80 bits per heavy atom. The van der Waals surface area contributed by atoms with Crippen LogP contribution in [0.3, 0.4) is 0 Å². The molecule has 0 aliphatic heterocycles. The maximum Gasteiger partial charge on any atom is 0.408 e. The molecule has 0 fully saturated rings. The molecule has 0 saturated heterocycles. The number of carbonyl (C=O) groups excluding carboxylic acids is 3. The van der Waals surface area contributed by atoms with Gasteiger partial charge in [0.15, 0.2) is 0 Å². The lowest BCUT2D eigenvalue weighted by atomic mass is 9.99. The Morgan fingerprint density at radius 1 is 1.11 bits per heavy atom. The van der Waals surface area contributed by atoms with E-state index in [9.17, 15) is 14.4 Å². The van der Waals surface area contributed by atoms with Crippen molar-refractivity contribution >= 4 is 29.7 Å². The van der Waals surface area contributed by atoms with Gasteiger partial charge in [-0.2, -0.15) is 0 Å². The van der Waals surface area contributed by atoms with E-state index in [-0.39, 0.29) is 24.4 Å². The van der Waals surface area contributed by atoms with Gasteiger partial charge < -0.3 is 20.3 Å². The van der Waals surface area contributed by atoms with Crippen molar-refractivity contribution in [3.8, 4) is 0 Å². The van der Waals surface area contributed by atoms with Crippen LogP contribution < -0.4 is 10.6 Å². The van der Waals surface area contributed by atoms with E-state index in [0.717, 1.165) is 11.1 Å². The van der Waals surface area contributed by atoms with Crippen LogP contribution in [-0.2, 0) is 14.3 Å². The van der Waals surface area contributed by atoms with E-state index in [0.29, 0.717) is 17.7 Å². The van der Waals surface area contributed by atoms with Crippen LogP contribution in [0.5, 0.6) is 0 Å². The van der Waals surface area contributed by atoms with Gasteiger partial charge in [-0.15, -0.1) is 0 Å². The molecule has 3 amide bonds. The van der Waals surface area contributed by atoms with Crippen molar-refractivity contribution in [3.05, 3.63) is 71.8 Å². The molecule has 0 aromatic heterocycles. The van der Waals surface area contributed by atoms with Crippen molar-refractivity contribution in [2.75, 3.05) is 11.9 Å². The molecule has 0 aliphatic carbocycles. The summed E-state index contributed by atoms with van der Waals surface area (Å²) in [6.07, 6.45) is 1.62. The minimum absolute atomic E-state index is 0.275. The van der Waals surface area contributed by atoms with Gasteiger partial charge in [0.2, 0.25) is 5.91 Å². The summed E-state index contributed by atoms with van der Waals surface area (Å²) >= 11 is 0. The highest BCUT2D eigenvalue weighted by atomic mass is 16.6. The van der Waals surface area contributed by atoms with E-state index >= 15 is 0 Å². The minimum atomic E-state index is -0.919. The highest BCUT2D eigenvalue weighted by Crippen LogP contribution is 2.28. The molecule has 0 radical (unpaired) electrons. The lowest BCUT2D eigenvalue weighted by molar-refractivity contribution is -0.140. The quantitative estimate of drug-likeness (QED) is 0.499. The molecule has 188 valence electrons. The first-order valence-electron chi connectivity index (χ1n) is 11.8. The maximum absolute atomic E-state index is 13.7. The first-order chi connectivity index (χ1) is 16.5. The number of anilines is 1. The van der Waals surface area contributed by atoms with Crippen LogP contribution in [0.1, 0.15) is 63.8 Å². The van der Waals surface area contributed by atoms with Crippen LogP contribution in [0.2, 0.25) is 0 Å². The molecule has 0 bridgehead atoms. The monoisotopic (exact) mass is 479 g/mol. The van der Waals surface area contributed by atoms with E-state index in [4.69, 9.17) is 4.74 Å². The average molecular weight is 480 g/mol.